The summed E-state index contributed by atoms with van der Waals surface area (Å²) in [6.07, 6.45) is 9.32. The minimum absolute atomic E-state index is 0.887. The summed E-state index contributed by atoms with van der Waals surface area (Å²) in [7, 11) is 0. The fourth-order valence-corrected chi connectivity index (χ4v) is 4.93. The van der Waals surface area contributed by atoms with Crippen LogP contribution >= 0.6 is 0 Å². The molecule has 3 rings (SSSR count). The van der Waals surface area contributed by atoms with Gasteiger partial charge in [-0.25, -0.2) is 0 Å². The fraction of sp³-hybridized carbons (Fsp3) is 1.00. The molecular formula is C13H22. The maximum Gasteiger partial charge on any atom is -0.0261 e. The predicted octanol–water partition coefficient (Wildman–Crippen LogP) is 3.86. The lowest BCUT2D eigenvalue weighted by Crippen LogP contribution is -2.53. The zero-order valence-electron chi connectivity index (χ0n) is 9.05. The molecule has 0 radical (unpaired) electrons. The molecule has 5 unspecified atom stereocenters. The van der Waals surface area contributed by atoms with Crippen molar-refractivity contribution in [2.75, 3.05) is 0 Å². The van der Waals surface area contributed by atoms with E-state index >= 15 is 0 Å². The number of fused-ring (bicyclic) bond motifs is 2. The summed E-state index contributed by atoms with van der Waals surface area (Å²) < 4.78 is 0. The van der Waals surface area contributed by atoms with E-state index in [4.69, 9.17) is 0 Å². The summed E-state index contributed by atoms with van der Waals surface area (Å²) in [5.74, 6) is 4.47. The molecule has 5 atom stereocenters. The summed E-state index contributed by atoms with van der Waals surface area (Å²) in [6.45, 7) is 4.90. The van der Waals surface area contributed by atoms with E-state index in [1.54, 1.807) is 25.7 Å². The molecule has 74 valence electrons. The molecule has 0 aromatic rings. The summed E-state index contributed by atoms with van der Waals surface area (Å²) in [5.41, 5.74) is 0.887. The summed E-state index contributed by atoms with van der Waals surface area (Å²) in [4.78, 5) is 0. The smallest absolute Gasteiger partial charge is 0.0261 e. The highest BCUT2D eigenvalue weighted by Crippen LogP contribution is 2.71. The highest BCUT2D eigenvalue weighted by atomic mass is 14.7. The summed E-state index contributed by atoms with van der Waals surface area (Å²) in [6, 6.07) is 0. The van der Waals surface area contributed by atoms with Crippen molar-refractivity contribution in [3.05, 3.63) is 0 Å². The van der Waals surface area contributed by atoms with Crippen molar-refractivity contribution in [3.8, 4) is 0 Å². The first kappa shape index (κ1) is 8.32. The number of hydrogen-bond donors (Lipinski definition) is 0. The summed E-state index contributed by atoms with van der Waals surface area (Å²) >= 11 is 0. The van der Waals surface area contributed by atoms with E-state index in [-0.39, 0.29) is 0 Å². The van der Waals surface area contributed by atoms with E-state index in [0.29, 0.717) is 0 Å². The lowest BCUT2D eigenvalue weighted by Gasteiger charge is -2.60. The molecule has 1 spiro atoms. The quantitative estimate of drug-likeness (QED) is 0.572. The van der Waals surface area contributed by atoms with Crippen molar-refractivity contribution in [2.45, 2.75) is 52.4 Å². The molecule has 0 amide bonds. The Morgan fingerprint density at radius 1 is 1.23 bits per heavy atom. The third-order valence-corrected chi connectivity index (χ3v) is 5.68. The van der Waals surface area contributed by atoms with E-state index < -0.39 is 0 Å². The molecule has 2 bridgehead atoms. The molecule has 0 aromatic carbocycles. The molecule has 0 N–H and O–H groups in total. The SMILES string of the molecule is CCC1CCC23CCC(C)C(C2)C13. The Hall–Kier alpha value is 0. The van der Waals surface area contributed by atoms with Crippen LogP contribution in [0.1, 0.15) is 52.4 Å². The fourth-order valence-electron chi connectivity index (χ4n) is 4.93. The molecule has 0 nitrogen and oxygen atoms in total. The van der Waals surface area contributed by atoms with Crippen LogP contribution in [0, 0.1) is 29.1 Å². The van der Waals surface area contributed by atoms with Gasteiger partial charge in [-0.3, -0.25) is 0 Å². The molecule has 3 aliphatic carbocycles. The van der Waals surface area contributed by atoms with Gasteiger partial charge in [-0.1, -0.05) is 20.3 Å². The maximum atomic E-state index is 2.50. The van der Waals surface area contributed by atoms with Gasteiger partial charge in [-0.2, -0.15) is 0 Å². The Bertz CT molecular complexity index is 216. The third-order valence-electron chi connectivity index (χ3n) is 5.68. The van der Waals surface area contributed by atoms with Gasteiger partial charge in [0.2, 0.25) is 0 Å². The zero-order valence-corrected chi connectivity index (χ0v) is 9.05. The van der Waals surface area contributed by atoms with Crippen LogP contribution in [0.2, 0.25) is 0 Å². The van der Waals surface area contributed by atoms with E-state index in [1.807, 2.05) is 0 Å². The van der Waals surface area contributed by atoms with Gasteiger partial charge in [0.15, 0.2) is 0 Å². The minimum Gasteiger partial charge on any atom is -0.0651 e. The van der Waals surface area contributed by atoms with Crippen molar-refractivity contribution in [1.82, 2.24) is 0 Å². The topological polar surface area (TPSA) is 0 Å². The Morgan fingerprint density at radius 2 is 2.00 bits per heavy atom. The van der Waals surface area contributed by atoms with Gasteiger partial charge in [0.1, 0.15) is 0 Å². The van der Waals surface area contributed by atoms with E-state index in [2.05, 4.69) is 13.8 Å². The van der Waals surface area contributed by atoms with Crippen molar-refractivity contribution >= 4 is 0 Å². The highest BCUT2D eigenvalue weighted by molar-refractivity contribution is 5.11. The molecule has 0 aromatic heterocycles. The van der Waals surface area contributed by atoms with Crippen LogP contribution in [0.3, 0.4) is 0 Å². The van der Waals surface area contributed by atoms with E-state index in [1.165, 1.54) is 18.8 Å². The van der Waals surface area contributed by atoms with Crippen LogP contribution in [0.25, 0.3) is 0 Å². The lowest BCUT2D eigenvalue weighted by molar-refractivity contribution is -0.115. The second-order valence-electron chi connectivity index (χ2n) is 5.98. The van der Waals surface area contributed by atoms with Gasteiger partial charge in [0.05, 0.1) is 0 Å². The molecule has 0 aliphatic heterocycles. The van der Waals surface area contributed by atoms with Crippen LogP contribution in [0.5, 0.6) is 0 Å². The monoisotopic (exact) mass is 178 g/mol. The second kappa shape index (κ2) is 2.52. The first-order valence-corrected chi connectivity index (χ1v) is 6.27. The first-order chi connectivity index (χ1) is 6.27. The third kappa shape index (κ3) is 0.877. The lowest BCUT2D eigenvalue weighted by atomic mass is 9.44. The molecule has 3 fully saturated rings. The predicted molar refractivity (Wildman–Crippen MR) is 55.4 cm³/mol. The summed E-state index contributed by atoms with van der Waals surface area (Å²) in [5, 5.41) is 0. The second-order valence-corrected chi connectivity index (χ2v) is 5.98. The van der Waals surface area contributed by atoms with Crippen LogP contribution in [-0.2, 0) is 0 Å². The van der Waals surface area contributed by atoms with Crippen LogP contribution < -0.4 is 0 Å². The molecule has 0 heteroatoms. The van der Waals surface area contributed by atoms with Crippen molar-refractivity contribution < 1.29 is 0 Å². The van der Waals surface area contributed by atoms with Crippen molar-refractivity contribution in [1.29, 1.82) is 0 Å². The van der Waals surface area contributed by atoms with Crippen LogP contribution in [-0.4, -0.2) is 0 Å². The average Bonchev–Trinajstić information content (AvgIpc) is 2.39. The van der Waals surface area contributed by atoms with Gasteiger partial charge in [0.25, 0.3) is 0 Å². The Labute approximate surface area is 82.1 Å². The maximum absolute atomic E-state index is 2.50. The molecule has 3 aliphatic rings. The normalized spacial score (nSPS) is 58.6. The first-order valence-electron chi connectivity index (χ1n) is 6.27. The van der Waals surface area contributed by atoms with E-state index in [0.717, 1.165) is 23.2 Å². The highest BCUT2D eigenvalue weighted by Gasteiger charge is 2.62. The van der Waals surface area contributed by atoms with Crippen LogP contribution in [0.15, 0.2) is 0 Å². The number of rotatable bonds is 1. The van der Waals surface area contributed by atoms with Crippen molar-refractivity contribution in [3.63, 3.8) is 0 Å². The van der Waals surface area contributed by atoms with Gasteiger partial charge in [-0.15, -0.1) is 0 Å². The Kier molecular flexibility index (Phi) is 1.61. The standard InChI is InChI=1S/C13H22/c1-3-10-5-7-13-6-4-9(2)11(8-13)12(10)13/h9-12H,3-8H2,1-2H3. The molecule has 13 heavy (non-hydrogen) atoms. The van der Waals surface area contributed by atoms with Crippen LogP contribution in [0.4, 0.5) is 0 Å². The van der Waals surface area contributed by atoms with Gasteiger partial charge in [-0.05, 0) is 61.2 Å². The average molecular weight is 178 g/mol. The van der Waals surface area contributed by atoms with Crippen molar-refractivity contribution in [2.24, 2.45) is 29.1 Å². The zero-order chi connectivity index (χ0) is 9.05. The minimum atomic E-state index is 0.887. The molecule has 0 heterocycles. The van der Waals surface area contributed by atoms with E-state index in [9.17, 15) is 0 Å². The Balaban J connectivity index is 1.86. The van der Waals surface area contributed by atoms with Gasteiger partial charge >= 0.3 is 0 Å². The largest absolute Gasteiger partial charge is 0.0651 e. The molecule has 3 saturated carbocycles. The Morgan fingerprint density at radius 3 is 2.69 bits per heavy atom. The number of hydrogen-bond acceptors (Lipinski definition) is 0. The van der Waals surface area contributed by atoms with Gasteiger partial charge < -0.3 is 0 Å². The van der Waals surface area contributed by atoms with Gasteiger partial charge in [0, 0.05) is 0 Å². The molecule has 0 saturated heterocycles. The molecular weight excluding hydrogens is 156 g/mol.